The van der Waals surface area contributed by atoms with Crippen LogP contribution in [0, 0.1) is 0 Å². The van der Waals surface area contributed by atoms with Crippen LogP contribution < -0.4 is 21.1 Å². The van der Waals surface area contributed by atoms with Gasteiger partial charge in [-0.25, -0.2) is 4.98 Å². The van der Waals surface area contributed by atoms with Gasteiger partial charge in [0.15, 0.2) is 23.2 Å². The van der Waals surface area contributed by atoms with Gasteiger partial charge in [-0.3, -0.25) is 14.3 Å². The van der Waals surface area contributed by atoms with Gasteiger partial charge in [0.2, 0.25) is 5.95 Å². The summed E-state index contributed by atoms with van der Waals surface area (Å²) in [6.07, 6.45) is -1.44. The first-order valence-corrected chi connectivity index (χ1v) is 10.5. The number of ether oxygens (including phenoxy) is 3. The van der Waals surface area contributed by atoms with Crippen molar-refractivity contribution in [2.75, 3.05) is 12.3 Å². The largest absolute Gasteiger partial charge is 0.812 e. The standard InChI is InChI=1S/C13H18N5O7PS/c1-13(2)24-7-5(3-22-26(20,21)27)23-11(8(7)25-13)18-4-15-6-9(18)16-12(14)17-10(6)19/h4-5,7-8,11H,3H2,1-2H3,(H2,20,21,27)(H3,14,16,17,19)/p-2/t5-,7-,8-,11?/m1/s1. The zero-order chi connectivity index (χ0) is 19.6. The first kappa shape index (κ1) is 18.9. The summed E-state index contributed by atoms with van der Waals surface area (Å²) in [4.78, 5) is 44.9. The summed E-state index contributed by atoms with van der Waals surface area (Å²) in [5, 5.41) is 0. The highest BCUT2D eigenvalue weighted by Gasteiger charge is 2.56. The molecule has 2 saturated heterocycles. The number of aromatic nitrogens is 4. The van der Waals surface area contributed by atoms with E-state index in [1.165, 1.54) is 10.9 Å². The van der Waals surface area contributed by atoms with Crippen molar-refractivity contribution in [3.63, 3.8) is 0 Å². The highest BCUT2D eigenvalue weighted by Crippen LogP contribution is 2.44. The molecule has 0 spiro atoms. The number of H-pyrrole nitrogens is 1. The highest BCUT2D eigenvalue weighted by molar-refractivity contribution is 8.05. The smallest absolute Gasteiger partial charge is 0.280 e. The molecule has 2 aromatic rings. The van der Waals surface area contributed by atoms with Crippen LogP contribution in [0.5, 0.6) is 0 Å². The molecule has 14 heteroatoms. The molecule has 2 aromatic heterocycles. The van der Waals surface area contributed by atoms with E-state index < -0.39 is 42.6 Å². The lowest BCUT2D eigenvalue weighted by molar-refractivity contribution is -0.323. The summed E-state index contributed by atoms with van der Waals surface area (Å²) in [6, 6.07) is 0. The van der Waals surface area contributed by atoms with Crippen molar-refractivity contribution in [1.82, 2.24) is 19.5 Å². The second-order valence-electron chi connectivity index (χ2n) is 6.65. The molecule has 27 heavy (non-hydrogen) atoms. The number of anilines is 1. The number of nitrogens with two attached hydrogens (primary N) is 1. The van der Waals surface area contributed by atoms with E-state index in [-0.39, 0.29) is 23.7 Å². The lowest BCUT2D eigenvalue weighted by Crippen LogP contribution is -2.34. The molecular weight excluding hydrogens is 401 g/mol. The van der Waals surface area contributed by atoms with Crippen LogP contribution in [0.4, 0.5) is 5.95 Å². The normalized spacial score (nSPS) is 30.1. The lowest BCUT2D eigenvalue weighted by atomic mass is 10.1. The molecule has 4 heterocycles. The molecule has 1 unspecified atom stereocenters. The summed E-state index contributed by atoms with van der Waals surface area (Å²) in [7, 11) is 0. The summed E-state index contributed by atoms with van der Waals surface area (Å²) >= 11 is 4.26. The van der Waals surface area contributed by atoms with Crippen LogP contribution in [0.1, 0.15) is 20.1 Å². The van der Waals surface area contributed by atoms with E-state index >= 15 is 0 Å². The van der Waals surface area contributed by atoms with E-state index in [1.807, 2.05) is 0 Å². The third-order valence-corrected chi connectivity index (χ3v) is 5.03. The molecule has 2 fully saturated rings. The Morgan fingerprint density at radius 3 is 2.85 bits per heavy atom. The lowest BCUT2D eigenvalue weighted by Gasteiger charge is -2.35. The third kappa shape index (κ3) is 3.52. The predicted octanol–water partition coefficient (Wildman–Crippen LogP) is -1.92. The number of hydrogen-bond acceptors (Lipinski definition) is 11. The Hall–Kier alpha value is -1.44. The number of nitrogens with zero attached hydrogens (tertiary/aromatic N) is 3. The molecule has 3 N–H and O–H groups in total. The zero-order valence-electron chi connectivity index (χ0n) is 14.2. The van der Waals surface area contributed by atoms with E-state index in [2.05, 4.69) is 26.8 Å². The monoisotopic (exact) mass is 417 g/mol. The maximum absolute atomic E-state index is 12.0. The van der Waals surface area contributed by atoms with Crippen molar-refractivity contribution in [3.05, 3.63) is 16.7 Å². The Labute approximate surface area is 157 Å². The summed E-state index contributed by atoms with van der Waals surface area (Å²) in [6.45, 7) is -1.24. The fourth-order valence-corrected chi connectivity index (χ4v) is 3.82. The van der Waals surface area contributed by atoms with Crippen LogP contribution in [0.2, 0.25) is 0 Å². The van der Waals surface area contributed by atoms with E-state index in [0.717, 1.165) is 0 Å². The number of nitrogen functional groups attached to an aromatic ring is 1. The summed E-state index contributed by atoms with van der Waals surface area (Å²) < 4.78 is 23.9. The van der Waals surface area contributed by atoms with Crippen LogP contribution in [-0.2, 0) is 30.5 Å². The number of imidazole rings is 1. The molecule has 2 aliphatic rings. The zero-order valence-corrected chi connectivity index (χ0v) is 15.9. The molecule has 4 rings (SSSR count). The average molecular weight is 417 g/mol. The van der Waals surface area contributed by atoms with Gasteiger partial charge in [-0.05, 0) is 13.8 Å². The Kier molecular flexibility index (Phi) is 4.40. The molecule has 12 nitrogen and oxygen atoms in total. The van der Waals surface area contributed by atoms with E-state index in [4.69, 9.17) is 24.5 Å². The van der Waals surface area contributed by atoms with E-state index in [0.29, 0.717) is 0 Å². The predicted molar refractivity (Wildman–Crippen MR) is 90.5 cm³/mol. The van der Waals surface area contributed by atoms with Gasteiger partial charge in [0.05, 0.1) is 12.9 Å². The second-order valence-corrected chi connectivity index (χ2v) is 9.14. The number of fused-ring (bicyclic) bond motifs is 2. The molecule has 148 valence electrons. The van der Waals surface area contributed by atoms with Crippen molar-refractivity contribution in [3.8, 4) is 0 Å². The SMILES string of the molecule is CC1(C)O[C@@H]2[C@@H](COP([O-])([O-])=S)OC(n3cnc4c(=O)[nH]c(N)nc43)[C@@H]2O1. The molecule has 4 atom stereocenters. The van der Waals surface area contributed by atoms with Gasteiger partial charge >= 0.3 is 0 Å². The summed E-state index contributed by atoms with van der Waals surface area (Å²) in [5.41, 5.74) is 5.41. The van der Waals surface area contributed by atoms with Crippen molar-refractivity contribution < 1.29 is 28.5 Å². The van der Waals surface area contributed by atoms with Crippen molar-refractivity contribution >= 4 is 35.6 Å². The van der Waals surface area contributed by atoms with Crippen LogP contribution in [0.3, 0.4) is 0 Å². The Balaban J connectivity index is 1.70. The molecule has 0 amide bonds. The first-order valence-electron chi connectivity index (χ1n) is 7.94. The molecular formula is C13H16N5O7PS-2. The second kappa shape index (κ2) is 6.29. The van der Waals surface area contributed by atoms with Gasteiger partial charge in [0, 0.05) is 0 Å². The van der Waals surface area contributed by atoms with Crippen LogP contribution in [0.25, 0.3) is 11.2 Å². The maximum atomic E-state index is 12.0. The number of rotatable bonds is 4. The minimum Gasteiger partial charge on any atom is -0.812 e. The van der Waals surface area contributed by atoms with Crippen molar-refractivity contribution in [2.24, 2.45) is 0 Å². The molecule has 0 aliphatic carbocycles. The fourth-order valence-electron chi connectivity index (χ4n) is 3.31. The van der Waals surface area contributed by atoms with Gasteiger partial charge in [0.25, 0.3) is 5.56 Å². The molecule has 0 radical (unpaired) electrons. The molecule has 0 saturated carbocycles. The number of aromatic amines is 1. The minimum atomic E-state index is -4.36. The highest BCUT2D eigenvalue weighted by atomic mass is 32.5. The topological polar surface area (TPSA) is 173 Å². The van der Waals surface area contributed by atoms with Crippen LogP contribution >= 0.6 is 6.72 Å². The Bertz CT molecular complexity index is 987. The maximum Gasteiger partial charge on any atom is 0.280 e. The van der Waals surface area contributed by atoms with Crippen molar-refractivity contribution in [1.29, 1.82) is 0 Å². The van der Waals surface area contributed by atoms with Gasteiger partial charge in [-0.15, -0.1) is 11.8 Å². The van der Waals surface area contributed by atoms with Crippen LogP contribution in [-0.4, -0.2) is 50.2 Å². The summed E-state index contributed by atoms with van der Waals surface area (Å²) in [5.74, 6) is -1.00. The first-order chi connectivity index (χ1) is 12.5. The van der Waals surface area contributed by atoms with E-state index in [1.54, 1.807) is 13.8 Å². The van der Waals surface area contributed by atoms with Gasteiger partial charge in [-0.1, -0.05) is 6.72 Å². The molecule has 2 aliphatic heterocycles. The van der Waals surface area contributed by atoms with E-state index in [9.17, 15) is 14.6 Å². The van der Waals surface area contributed by atoms with Gasteiger partial charge < -0.3 is 34.3 Å². The fraction of sp³-hybridized carbons (Fsp3) is 0.615. The number of nitrogens with one attached hydrogen (secondary N) is 1. The number of hydrogen-bond donors (Lipinski definition) is 2. The van der Waals surface area contributed by atoms with Crippen molar-refractivity contribution in [2.45, 2.75) is 44.2 Å². The van der Waals surface area contributed by atoms with Gasteiger partial charge in [-0.2, -0.15) is 4.98 Å². The minimum absolute atomic E-state index is 0.0778. The Morgan fingerprint density at radius 1 is 1.44 bits per heavy atom. The quantitative estimate of drug-likeness (QED) is 0.531. The Morgan fingerprint density at radius 2 is 2.15 bits per heavy atom. The molecule has 0 aromatic carbocycles. The van der Waals surface area contributed by atoms with Crippen LogP contribution in [0.15, 0.2) is 11.1 Å². The average Bonchev–Trinajstić information content (AvgIpc) is 3.15. The third-order valence-electron chi connectivity index (χ3n) is 4.25. The molecule has 0 bridgehead atoms. The van der Waals surface area contributed by atoms with Gasteiger partial charge in [0.1, 0.15) is 18.3 Å².